The summed E-state index contributed by atoms with van der Waals surface area (Å²) in [4.78, 5) is 11.3. The van der Waals surface area contributed by atoms with Gasteiger partial charge in [0.2, 0.25) is 0 Å². The molecule has 1 rings (SSSR count). The van der Waals surface area contributed by atoms with Crippen LogP contribution < -0.4 is 5.32 Å². The fraction of sp³-hybridized carbons (Fsp3) is 0.417. The molecule has 0 aliphatic carbocycles. The van der Waals surface area contributed by atoms with Gasteiger partial charge in [0.05, 0.1) is 25.5 Å². The maximum Gasteiger partial charge on any atom is 0.411 e. The van der Waals surface area contributed by atoms with E-state index in [1.165, 1.54) is 0 Å². The second-order valence-corrected chi connectivity index (χ2v) is 3.14. The van der Waals surface area contributed by atoms with Crippen molar-refractivity contribution in [3.63, 3.8) is 0 Å². The summed E-state index contributed by atoms with van der Waals surface area (Å²) in [6.45, 7) is 1.59. The highest BCUT2D eigenvalue weighted by molar-refractivity contribution is 5.84. The minimum Gasteiger partial charge on any atom is -0.447 e. The number of hydrogen-bond acceptors (Lipinski definition) is 4. The smallest absolute Gasteiger partial charge is 0.411 e. The number of rotatable bonds is 7. The Hall–Kier alpha value is -1.59. The highest BCUT2D eigenvalue weighted by Crippen LogP contribution is 2.03. The number of anilines is 1. The highest BCUT2D eigenvalue weighted by atomic mass is 16.6. The van der Waals surface area contributed by atoms with Crippen LogP contribution >= 0.6 is 0 Å². The zero-order valence-electron chi connectivity index (χ0n) is 9.77. The first-order chi connectivity index (χ1) is 8.33. The van der Waals surface area contributed by atoms with E-state index < -0.39 is 6.09 Å². The van der Waals surface area contributed by atoms with Crippen LogP contribution in [0.25, 0.3) is 0 Å². The van der Waals surface area contributed by atoms with Crippen molar-refractivity contribution < 1.29 is 19.0 Å². The number of carbonyl (C=O) groups is 1. The predicted molar refractivity (Wildman–Crippen MR) is 62.9 cm³/mol. The summed E-state index contributed by atoms with van der Waals surface area (Å²) in [5.74, 6) is 0. The lowest BCUT2D eigenvalue weighted by Crippen LogP contribution is -2.17. The van der Waals surface area contributed by atoms with Crippen LogP contribution in [0.4, 0.5) is 10.5 Å². The van der Waals surface area contributed by atoms with Gasteiger partial charge in [-0.3, -0.25) is 5.32 Å². The molecule has 1 amide bonds. The first-order valence-corrected chi connectivity index (χ1v) is 5.30. The first kappa shape index (κ1) is 13.5. The molecule has 5 nitrogen and oxygen atoms in total. The molecule has 17 heavy (non-hydrogen) atoms. The number of methoxy groups -OCH3 is 1. The van der Waals surface area contributed by atoms with Gasteiger partial charge in [-0.05, 0) is 6.07 Å². The van der Waals surface area contributed by atoms with E-state index in [1.54, 1.807) is 25.3 Å². The molecule has 0 aliphatic rings. The zero-order valence-corrected chi connectivity index (χ0v) is 9.77. The Kier molecular flexibility index (Phi) is 6.78. The van der Waals surface area contributed by atoms with E-state index >= 15 is 0 Å². The molecule has 0 saturated heterocycles. The molecule has 0 heterocycles. The molecule has 0 fully saturated rings. The summed E-state index contributed by atoms with van der Waals surface area (Å²) >= 11 is 0. The van der Waals surface area contributed by atoms with Gasteiger partial charge in [-0.15, -0.1) is 0 Å². The van der Waals surface area contributed by atoms with Crippen LogP contribution in [-0.2, 0) is 14.2 Å². The van der Waals surface area contributed by atoms with E-state index in [9.17, 15) is 4.79 Å². The standard InChI is InChI=1S/C12H16NO4/c1-15-7-8-16-9-10-17-12(14)13-11-5-3-2-4-6-11/h2-5H,7-10H2,1H3,(H,13,14). The van der Waals surface area contributed by atoms with Crippen molar-refractivity contribution in [2.24, 2.45) is 0 Å². The number of benzene rings is 1. The molecule has 0 unspecified atom stereocenters. The van der Waals surface area contributed by atoms with Crippen molar-refractivity contribution in [1.29, 1.82) is 0 Å². The largest absolute Gasteiger partial charge is 0.447 e. The molecule has 0 aromatic heterocycles. The molecule has 0 aliphatic heterocycles. The first-order valence-electron chi connectivity index (χ1n) is 5.30. The molecule has 93 valence electrons. The Morgan fingerprint density at radius 3 is 2.82 bits per heavy atom. The van der Waals surface area contributed by atoms with E-state index in [4.69, 9.17) is 14.2 Å². The van der Waals surface area contributed by atoms with E-state index in [1.807, 2.05) is 6.07 Å². The van der Waals surface area contributed by atoms with Crippen LogP contribution in [0, 0.1) is 6.07 Å². The van der Waals surface area contributed by atoms with Crippen molar-refractivity contribution in [3.05, 3.63) is 30.3 Å². The average Bonchev–Trinajstić information content (AvgIpc) is 2.35. The van der Waals surface area contributed by atoms with E-state index in [-0.39, 0.29) is 6.61 Å². The third-order valence-electron chi connectivity index (χ3n) is 1.84. The summed E-state index contributed by atoms with van der Waals surface area (Å²) < 4.78 is 14.8. The molecule has 1 N–H and O–H groups in total. The van der Waals surface area contributed by atoms with Gasteiger partial charge in [-0.2, -0.15) is 0 Å². The lowest BCUT2D eigenvalue weighted by Gasteiger charge is -2.07. The number of nitrogens with one attached hydrogen (secondary N) is 1. The molecule has 1 aromatic rings. The average molecular weight is 238 g/mol. The molecule has 0 spiro atoms. The minimum absolute atomic E-state index is 0.211. The predicted octanol–water partition coefficient (Wildman–Crippen LogP) is 1.70. The van der Waals surface area contributed by atoms with Gasteiger partial charge in [0.25, 0.3) is 0 Å². The number of carbonyl (C=O) groups excluding carboxylic acids is 1. The third-order valence-corrected chi connectivity index (χ3v) is 1.84. The lowest BCUT2D eigenvalue weighted by molar-refractivity contribution is 0.0447. The van der Waals surface area contributed by atoms with Crippen LogP contribution in [-0.4, -0.2) is 39.6 Å². The van der Waals surface area contributed by atoms with Crippen LogP contribution in [0.15, 0.2) is 24.3 Å². The molecule has 0 atom stereocenters. The van der Waals surface area contributed by atoms with Crippen molar-refractivity contribution in [1.82, 2.24) is 0 Å². The molecular weight excluding hydrogens is 222 g/mol. The Labute approximate surface area is 101 Å². The maximum atomic E-state index is 11.3. The molecule has 1 aromatic carbocycles. The van der Waals surface area contributed by atoms with E-state index in [2.05, 4.69) is 11.4 Å². The Balaban J connectivity index is 2.06. The van der Waals surface area contributed by atoms with Crippen molar-refractivity contribution in [2.45, 2.75) is 0 Å². The highest BCUT2D eigenvalue weighted by Gasteiger charge is 2.01. The molecule has 1 radical (unpaired) electrons. The summed E-state index contributed by atoms with van der Waals surface area (Å²) in [7, 11) is 1.60. The van der Waals surface area contributed by atoms with Gasteiger partial charge in [0.1, 0.15) is 6.61 Å². The molecular formula is C12H16NO4. The number of para-hydroxylation sites is 1. The summed E-state index contributed by atoms with van der Waals surface area (Å²) in [5, 5.41) is 2.55. The van der Waals surface area contributed by atoms with Crippen LogP contribution in [0.2, 0.25) is 0 Å². The third kappa shape index (κ3) is 6.55. The molecule has 0 saturated carbocycles. The van der Waals surface area contributed by atoms with Gasteiger partial charge in [0.15, 0.2) is 0 Å². The van der Waals surface area contributed by atoms with Gasteiger partial charge < -0.3 is 14.2 Å². The van der Waals surface area contributed by atoms with Crippen molar-refractivity contribution in [2.75, 3.05) is 38.9 Å². The van der Waals surface area contributed by atoms with Crippen LogP contribution in [0.5, 0.6) is 0 Å². The minimum atomic E-state index is -0.511. The normalized spacial score (nSPS) is 9.94. The quantitative estimate of drug-likeness (QED) is 0.734. The van der Waals surface area contributed by atoms with Crippen molar-refractivity contribution in [3.8, 4) is 0 Å². The zero-order chi connectivity index (χ0) is 12.3. The van der Waals surface area contributed by atoms with Crippen molar-refractivity contribution >= 4 is 11.8 Å². The Morgan fingerprint density at radius 2 is 2.12 bits per heavy atom. The Morgan fingerprint density at radius 1 is 1.29 bits per heavy atom. The Bertz CT molecular complexity index is 316. The fourth-order valence-corrected chi connectivity index (χ4v) is 1.05. The molecule has 5 heteroatoms. The van der Waals surface area contributed by atoms with E-state index in [0.717, 1.165) is 0 Å². The number of ether oxygens (including phenoxy) is 3. The summed E-state index contributed by atoms with van der Waals surface area (Å²) in [6, 6.07) is 9.93. The van der Waals surface area contributed by atoms with Gasteiger partial charge in [-0.1, -0.05) is 18.2 Å². The fourth-order valence-electron chi connectivity index (χ4n) is 1.05. The van der Waals surface area contributed by atoms with Gasteiger partial charge >= 0.3 is 6.09 Å². The van der Waals surface area contributed by atoms with Gasteiger partial charge in [-0.25, -0.2) is 4.79 Å². The lowest BCUT2D eigenvalue weighted by atomic mass is 10.3. The SMILES string of the molecule is COCCOCCOC(=O)Nc1[c]cccc1. The monoisotopic (exact) mass is 238 g/mol. The molecule has 0 bridgehead atoms. The van der Waals surface area contributed by atoms with E-state index in [0.29, 0.717) is 25.5 Å². The van der Waals surface area contributed by atoms with Crippen LogP contribution in [0.1, 0.15) is 0 Å². The summed E-state index contributed by atoms with van der Waals surface area (Å²) in [6.07, 6.45) is -0.511. The van der Waals surface area contributed by atoms with Gasteiger partial charge in [0, 0.05) is 13.2 Å². The number of amides is 1. The second-order valence-electron chi connectivity index (χ2n) is 3.14. The second kappa shape index (κ2) is 8.55. The maximum absolute atomic E-state index is 11.3. The topological polar surface area (TPSA) is 56.8 Å². The van der Waals surface area contributed by atoms with Crippen LogP contribution in [0.3, 0.4) is 0 Å². The summed E-state index contributed by atoms with van der Waals surface area (Å²) in [5.41, 5.74) is 0.581. The number of hydrogen-bond donors (Lipinski definition) is 1.